The summed E-state index contributed by atoms with van der Waals surface area (Å²) in [6.07, 6.45) is 0. The second-order valence-electron chi connectivity index (χ2n) is 4.18. The second-order valence-corrected chi connectivity index (χ2v) is 4.56. The molecule has 0 saturated heterocycles. The van der Waals surface area contributed by atoms with Crippen LogP contribution in [0.15, 0.2) is 36.4 Å². The molecule has 0 bridgehead atoms. The molecule has 0 atom stereocenters. The third kappa shape index (κ3) is 1.85. The van der Waals surface area contributed by atoms with E-state index in [2.05, 4.69) is 44.2 Å². The van der Waals surface area contributed by atoms with E-state index in [1.165, 1.54) is 16.7 Å². The Hall–Kier alpha value is -1.27. The molecular formula is C15H15Cl. The molecule has 1 heteroatoms. The van der Waals surface area contributed by atoms with Crippen molar-refractivity contribution in [3.63, 3.8) is 0 Å². The zero-order valence-corrected chi connectivity index (χ0v) is 10.6. The van der Waals surface area contributed by atoms with Crippen LogP contribution in [-0.2, 0) is 0 Å². The highest BCUT2D eigenvalue weighted by Crippen LogP contribution is 2.33. The maximum atomic E-state index is 6.35. The predicted octanol–water partition coefficient (Wildman–Crippen LogP) is 4.93. The van der Waals surface area contributed by atoms with Crippen molar-refractivity contribution in [1.82, 2.24) is 0 Å². The van der Waals surface area contributed by atoms with Crippen LogP contribution in [0.5, 0.6) is 0 Å². The number of hydrogen-bond donors (Lipinski definition) is 0. The van der Waals surface area contributed by atoms with Gasteiger partial charge in [0.1, 0.15) is 0 Å². The van der Waals surface area contributed by atoms with Crippen molar-refractivity contribution in [2.45, 2.75) is 20.8 Å². The summed E-state index contributed by atoms with van der Waals surface area (Å²) in [5, 5.41) is 0.858. The quantitative estimate of drug-likeness (QED) is 0.652. The Morgan fingerprint density at radius 3 is 2.00 bits per heavy atom. The van der Waals surface area contributed by atoms with E-state index in [1.807, 2.05) is 13.0 Å². The Bertz CT molecular complexity index is 477. The zero-order chi connectivity index (χ0) is 11.7. The number of benzene rings is 2. The highest BCUT2D eigenvalue weighted by atomic mass is 35.5. The van der Waals surface area contributed by atoms with Crippen molar-refractivity contribution in [2.24, 2.45) is 0 Å². The zero-order valence-electron chi connectivity index (χ0n) is 9.84. The molecular weight excluding hydrogens is 216 g/mol. The SMILES string of the molecule is Cc1cccc(-c2cccc(C)c2Cl)c1C. The summed E-state index contributed by atoms with van der Waals surface area (Å²) in [4.78, 5) is 0. The van der Waals surface area contributed by atoms with Gasteiger partial charge in [-0.05, 0) is 43.0 Å². The molecule has 0 amide bonds. The van der Waals surface area contributed by atoms with Crippen LogP contribution in [0.2, 0.25) is 5.02 Å². The van der Waals surface area contributed by atoms with Gasteiger partial charge in [0.2, 0.25) is 0 Å². The fourth-order valence-corrected chi connectivity index (χ4v) is 2.13. The minimum atomic E-state index is 0.858. The third-order valence-electron chi connectivity index (χ3n) is 3.09. The number of aryl methyl sites for hydroxylation is 2. The van der Waals surface area contributed by atoms with Crippen molar-refractivity contribution in [3.8, 4) is 11.1 Å². The van der Waals surface area contributed by atoms with E-state index in [0.717, 1.165) is 16.1 Å². The molecule has 82 valence electrons. The van der Waals surface area contributed by atoms with Crippen LogP contribution in [0.25, 0.3) is 11.1 Å². The second kappa shape index (κ2) is 4.31. The highest BCUT2D eigenvalue weighted by Gasteiger charge is 2.08. The van der Waals surface area contributed by atoms with Crippen molar-refractivity contribution < 1.29 is 0 Å². The number of hydrogen-bond acceptors (Lipinski definition) is 0. The molecule has 2 rings (SSSR count). The standard InChI is InChI=1S/C15H15Cl/c1-10-6-4-8-13(12(10)3)14-9-5-7-11(2)15(14)16/h4-9H,1-3H3. The molecule has 0 unspecified atom stereocenters. The van der Waals surface area contributed by atoms with Crippen LogP contribution in [-0.4, -0.2) is 0 Å². The lowest BCUT2D eigenvalue weighted by molar-refractivity contribution is 1.33. The van der Waals surface area contributed by atoms with Crippen molar-refractivity contribution in [1.29, 1.82) is 0 Å². The van der Waals surface area contributed by atoms with Gasteiger partial charge in [0.15, 0.2) is 0 Å². The molecule has 2 aromatic rings. The Kier molecular flexibility index (Phi) is 3.02. The highest BCUT2D eigenvalue weighted by molar-refractivity contribution is 6.34. The Balaban J connectivity index is 2.68. The number of rotatable bonds is 1. The molecule has 0 spiro atoms. The molecule has 0 aromatic heterocycles. The normalized spacial score (nSPS) is 10.5. The molecule has 0 aliphatic carbocycles. The van der Waals surface area contributed by atoms with Crippen LogP contribution in [0.1, 0.15) is 16.7 Å². The van der Waals surface area contributed by atoms with Gasteiger partial charge in [-0.25, -0.2) is 0 Å². The summed E-state index contributed by atoms with van der Waals surface area (Å²) >= 11 is 6.35. The fraction of sp³-hybridized carbons (Fsp3) is 0.200. The average Bonchev–Trinajstić information content (AvgIpc) is 2.27. The van der Waals surface area contributed by atoms with Gasteiger partial charge in [-0.15, -0.1) is 0 Å². The van der Waals surface area contributed by atoms with E-state index in [4.69, 9.17) is 11.6 Å². The van der Waals surface area contributed by atoms with Gasteiger partial charge in [0.05, 0.1) is 5.02 Å². The van der Waals surface area contributed by atoms with E-state index in [1.54, 1.807) is 0 Å². The summed E-state index contributed by atoms with van der Waals surface area (Å²) in [5.74, 6) is 0. The summed E-state index contributed by atoms with van der Waals surface area (Å²) in [6, 6.07) is 12.5. The van der Waals surface area contributed by atoms with E-state index in [9.17, 15) is 0 Å². The first kappa shape index (κ1) is 11.2. The smallest absolute Gasteiger partial charge is 0.0513 e. The van der Waals surface area contributed by atoms with Crippen LogP contribution in [0.3, 0.4) is 0 Å². The van der Waals surface area contributed by atoms with Crippen molar-refractivity contribution >= 4 is 11.6 Å². The lowest BCUT2D eigenvalue weighted by atomic mass is 9.96. The van der Waals surface area contributed by atoms with Crippen molar-refractivity contribution in [3.05, 3.63) is 58.1 Å². The largest absolute Gasteiger partial charge is 0.0834 e. The van der Waals surface area contributed by atoms with Gasteiger partial charge in [-0.3, -0.25) is 0 Å². The summed E-state index contributed by atoms with van der Waals surface area (Å²) < 4.78 is 0. The topological polar surface area (TPSA) is 0 Å². The molecule has 0 fully saturated rings. The van der Waals surface area contributed by atoms with E-state index >= 15 is 0 Å². The molecule has 2 aromatic carbocycles. The average molecular weight is 231 g/mol. The molecule has 0 aliphatic heterocycles. The van der Waals surface area contributed by atoms with Gasteiger partial charge in [-0.2, -0.15) is 0 Å². The van der Waals surface area contributed by atoms with Gasteiger partial charge < -0.3 is 0 Å². The minimum absolute atomic E-state index is 0.858. The number of halogens is 1. The summed E-state index contributed by atoms with van der Waals surface area (Å²) in [5.41, 5.74) is 6.08. The van der Waals surface area contributed by atoms with Crippen LogP contribution < -0.4 is 0 Å². The monoisotopic (exact) mass is 230 g/mol. The van der Waals surface area contributed by atoms with Gasteiger partial charge in [-0.1, -0.05) is 48.0 Å². The maximum Gasteiger partial charge on any atom is 0.0513 e. The van der Waals surface area contributed by atoms with E-state index in [-0.39, 0.29) is 0 Å². The van der Waals surface area contributed by atoms with Gasteiger partial charge in [0.25, 0.3) is 0 Å². The van der Waals surface area contributed by atoms with Crippen LogP contribution in [0, 0.1) is 20.8 Å². The van der Waals surface area contributed by atoms with Gasteiger partial charge >= 0.3 is 0 Å². The summed E-state index contributed by atoms with van der Waals surface area (Å²) in [6.45, 7) is 6.31. The molecule has 0 aliphatic rings. The molecule has 0 saturated carbocycles. The van der Waals surface area contributed by atoms with Crippen molar-refractivity contribution in [2.75, 3.05) is 0 Å². The van der Waals surface area contributed by atoms with Crippen LogP contribution in [0.4, 0.5) is 0 Å². The predicted molar refractivity (Wildman–Crippen MR) is 71.1 cm³/mol. The first-order valence-corrected chi connectivity index (χ1v) is 5.80. The lowest BCUT2D eigenvalue weighted by Gasteiger charge is -2.11. The first-order valence-electron chi connectivity index (χ1n) is 5.43. The minimum Gasteiger partial charge on any atom is -0.0834 e. The first-order chi connectivity index (χ1) is 7.61. The lowest BCUT2D eigenvalue weighted by Crippen LogP contribution is -1.89. The van der Waals surface area contributed by atoms with Crippen LogP contribution >= 0.6 is 11.6 Å². The Morgan fingerprint density at radius 2 is 1.31 bits per heavy atom. The molecule has 0 nitrogen and oxygen atoms in total. The molecule has 0 N–H and O–H groups in total. The van der Waals surface area contributed by atoms with E-state index < -0.39 is 0 Å². The molecule has 0 radical (unpaired) electrons. The summed E-state index contributed by atoms with van der Waals surface area (Å²) in [7, 11) is 0. The Morgan fingerprint density at radius 1 is 0.750 bits per heavy atom. The fourth-order valence-electron chi connectivity index (χ4n) is 1.90. The third-order valence-corrected chi connectivity index (χ3v) is 3.59. The molecule has 16 heavy (non-hydrogen) atoms. The molecule has 0 heterocycles. The van der Waals surface area contributed by atoms with E-state index in [0.29, 0.717) is 0 Å². The van der Waals surface area contributed by atoms with Gasteiger partial charge in [0, 0.05) is 5.56 Å². The Labute approximate surface area is 102 Å². The maximum absolute atomic E-state index is 6.35.